The van der Waals surface area contributed by atoms with Crippen molar-refractivity contribution in [3.05, 3.63) is 54.7 Å². The van der Waals surface area contributed by atoms with E-state index in [4.69, 9.17) is 23.2 Å². The van der Waals surface area contributed by atoms with Crippen LogP contribution >= 0.6 is 57.1 Å². The molecule has 0 aliphatic carbocycles. The van der Waals surface area contributed by atoms with Crippen LogP contribution in [-0.4, -0.2) is 0 Å². The minimum Gasteiger partial charge on any atom is -0.149 e. The van der Waals surface area contributed by atoms with Crippen molar-refractivity contribution in [2.24, 2.45) is 0 Å². The van der Waals surface area contributed by atoms with Gasteiger partial charge in [0.15, 0.2) is 0 Å². The van der Waals surface area contributed by atoms with Crippen molar-refractivity contribution in [1.82, 2.24) is 0 Å². The zero-order valence-corrected chi connectivity index (χ0v) is 12.8. The lowest BCUT2D eigenvalue weighted by Crippen LogP contribution is -1.97. The van der Waals surface area contributed by atoms with Crippen LogP contribution in [0.5, 0.6) is 0 Å². The van der Waals surface area contributed by atoms with E-state index in [9.17, 15) is 0 Å². The van der Waals surface area contributed by atoms with Crippen molar-refractivity contribution in [2.75, 3.05) is 0 Å². The Balaban J connectivity index is 2.20. The third kappa shape index (κ3) is 3.13. The summed E-state index contributed by atoms with van der Waals surface area (Å²) in [5.41, 5.74) is 1.11. The Labute approximate surface area is 123 Å². The lowest BCUT2D eigenvalue weighted by Gasteiger charge is -2.11. The van der Waals surface area contributed by atoms with Crippen molar-refractivity contribution in [1.29, 1.82) is 0 Å². The first kappa shape index (κ1) is 12.7. The normalized spacial score (nSPS) is 12.7. The lowest BCUT2D eigenvalue weighted by molar-refractivity contribution is 0.931. The van der Waals surface area contributed by atoms with Gasteiger partial charge >= 0.3 is 0 Å². The molecule has 16 heavy (non-hydrogen) atoms. The van der Waals surface area contributed by atoms with Gasteiger partial charge in [-0.3, -0.25) is 0 Å². The summed E-state index contributed by atoms with van der Waals surface area (Å²) in [5.74, 6) is 0. The molecule has 0 saturated carbocycles. The van der Waals surface area contributed by atoms with E-state index in [1.165, 1.54) is 8.45 Å². The Bertz CT molecular complexity index is 468. The summed E-state index contributed by atoms with van der Waals surface area (Å²) in [5, 5.41) is 2.80. The maximum absolute atomic E-state index is 6.42. The molecule has 0 spiro atoms. The Morgan fingerprint density at radius 2 is 2.12 bits per heavy atom. The highest BCUT2D eigenvalue weighted by Gasteiger charge is 2.13. The molecule has 2 aromatic rings. The van der Waals surface area contributed by atoms with E-state index in [0.717, 1.165) is 17.0 Å². The number of alkyl halides is 1. The monoisotopic (exact) mass is 382 g/mol. The summed E-state index contributed by atoms with van der Waals surface area (Å²) in [4.78, 5) is 1.30. The fourth-order valence-corrected chi connectivity index (χ4v) is 3.74. The second-order valence-electron chi connectivity index (χ2n) is 3.42. The van der Waals surface area contributed by atoms with Crippen LogP contribution in [0, 0.1) is 3.57 Å². The summed E-state index contributed by atoms with van der Waals surface area (Å²) in [7, 11) is 0. The average Bonchev–Trinajstić information content (AvgIpc) is 2.74. The molecule has 1 unspecified atom stereocenters. The van der Waals surface area contributed by atoms with E-state index in [1.807, 2.05) is 24.3 Å². The molecular formula is C12H9Cl2IS. The Hall–Kier alpha value is 0.230. The van der Waals surface area contributed by atoms with Gasteiger partial charge < -0.3 is 0 Å². The van der Waals surface area contributed by atoms with Crippen LogP contribution < -0.4 is 0 Å². The van der Waals surface area contributed by atoms with Crippen molar-refractivity contribution in [3.8, 4) is 0 Å². The van der Waals surface area contributed by atoms with Crippen LogP contribution in [-0.2, 0) is 6.42 Å². The van der Waals surface area contributed by atoms with Gasteiger partial charge in [-0.2, -0.15) is 0 Å². The van der Waals surface area contributed by atoms with Gasteiger partial charge in [0.2, 0.25) is 0 Å². The van der Waals surface area contributed by atoms with Crippen LogP contribution in [0.2, 0.25) is 5.02 Å². The van der Waals surface area contributed by atoms with Crippen LogP contribution in [0.4, 0.5) is 0 Å². The zero-order chi connectivity index (χ0) is 11.5. The molecule has 0 amide bonds. The molecule has 4 heteroatoms. The minimum absolute atomic E-state index is 0.00995. The Morgan fingerprint density at radius 3 is 2.81 bits per heavy atom. The highest BCUT2D eigenvalue weighted by molar-refractivity contribution is 14.1. The number of halogens is 3. The molecule has 0 radical (unpaired) electrons. The summed E-state index contributed by atoms with van der Waals surface area (Å²) in [6, 6.07) is 10.0. The molecule has 2 rings (SSSR count). The van der Waals surface area contributed by atoms with Crippen LogP contribution in [0.15, 0.2) is 35.7 Å². The fraction of sp³-hybridized carbons (Fsp3) is 0.167. The van der Waals surface area contributed by atoms with E-state index in [-0.39, 0.29) is 5.38 Å². The lowest BCUT2D eigenvalue weighted by atomic mass is 10.1. The first-order valence-corrected chi connectivity index (χ1v) is 7.55. The second kappa shape index (κ2) is 5.71. The summed E-state index contributed by atoms with van der Waals surface area (Å²) in [6.07, 6.45) is 0.857. The zero-order valence-electron chi connectivity index (χ0n) is 8.29. The largest absolute Gasteiger partial charge is 0.149 e. The third-order valence-electron chi connectivity index (χ3n) is 2.26. The van der Waals surface area contributed by atoms with Crippen LogP contribution in [0.1, 0.15) is 15.8 Å². The fourth-order valence-electron chi connectivity index (χ4n) is 1.47. The van der Waals surface area contributed by atoms with E-state index < -0.39 is 0 Å². The Morgan fingerprint density at radius 1 is 1.31 bits per heavy atom. The summed E-state index contributed by atoms with van der Waals surface area (Å²) >= 11 is 16.4. The summed E-state index contributed by atoms with van der Waals surface area (Å²) in [6.45, 7) is 0. The van der Waals surface area contributed by atoms with Crippen LogP contribution in [0.3, 0.4) is 0 Å². The Kier molecular flexibility index (Phi) is 4.53. The van der Waals surface area contributed by atoms with Gasteiger partial charge in [0, 0.05) is 19.9 Å². The second-order valence-corrected chi connectivity index (χ2v) is 6.57. The van der Waals surface area contributed by atoms with E-state index in [1.54, 1.807) is 11.3 Å². The smallest absolute Gasteiger partial charge is 0.0644 e. The maximum atomic E-state index is 6.42. The number of rotatable bonds is 3. The minimum atomic E-state index is -0.00995. The molecule has 0 aliphatic heterocycles. The van der Waals surface area contributed by atoms with Crippen LogP contribution in [0.25, 0.3) is 0 Å². The topological polar surface area (TPSA) is 0 Å². The highest BCUT2D eigenvalue weighted by Crippen LogP contribution is 2.31. The standard InChI is InChI=1S/C12H9Cl2IS/c13-8-3-4-12(15)10(6-8)11(14)7-9-2-1-5-16-9/h1-6,11H,7H2. The van der Waals surface area contributed by atoms with Gasteiger partial charge in [-0.1, -0.05) is 17.7 Å². The first-order chi connectivity index (χ1) is 7.66. The van der Waals surface area contributed by atoms with Crippen molar-refractivity contribution >= 4 is 57.1 Å². The van der Waals surface area contributed by atoms with E-state index in [2.05, 4.69) is 34.0 Å². The van der Waals surface area contributed by atoms with E-state index >= 15 is 0 Å². The number of hydrogen-bond donors (Lipinski definition) is 0. The molecule has 1 atom stereocenters. The van der Waals surface area contributed by atoms with Crippen molar-refractivity contribution < 1.29 is 0 Å². The van der Waals surface area contributed by atoms with Gasteiger partial charge in [0.05, 0.1) is 5.38 Å². The summed E-state index contributed by atoms with van der Waals surface area (Å²) < 4.78 is 1.17. The predicted octanol–water partition coefficient (Wildman–Crippen LogP) is 5.53. The molecule has 1 aromatic carbocycles. The molecule has 0 N–H and O–H groups in total. The first-order valence-electron chi connectivity index (χ1n) is 4.78. The molecule has 1 aromatic heterocycles. The molecule has 0 bridgehead atoms. The van der Waals surface area contributed by atoms with Gasteiger partial charge in [-0.15, -0.1) is 22.9 Å². The average molecular weight is 383 g/mol. The molecule has 0 saturated heterocycles. The molecule has 84 valence electrons. The molecule has 0 nitrogen and oxygen atoms in total. The quantitative estimate of drug-likeness (QED) is 0.483. The maximum Gasteiger partial charge on any atom is 0.0644 e. The molecule has 0 aliphatic rings. The van der Waals surface area contributed by atoms with E-state index in [0.29, 0.717) is 0 Å². The van der Waals surface area contributed by atoms with Gasteiger partial charge in [-0.25, -0.2) is 0 Å². The highest BCUT2D eigenvalue weighted by atomic mass is 127. The molecular weight excluding hydrogens is 374 g/mol. The predicted molar refractivity (Wildman–Crippen MR) is 80.8 cm³/mol. The SMILES string of the molecule is Clc1ccc(I)c(C(Cl)Cc2cccs2)c1. The van der Waals surface area contributed by atoms with Gasteiger partial charge in [-0.05, 0) is 57.8 Å². The molecule has 1 heterocycles. The number of benzene rings is 1. The number of thiophene rings is 1. The molecule has 0 fully saturated rings. The van der Waals surface area contributed by atoms with Gasteiger partial charge in [0.1, 0.15) is 0 Å². The van der Waals surface area contributed by atoms with Crippen molar-refractivity contribution in [2.45, 2.75) is 11.8 Å². The third-order valence-corrected chi connectivity index (χ3v) is 4.76. The number of hydrogen-bond acceptors (Lipinski definition) is 1. The van der Waals surface area contributed by atoms with Crippen molar-refractivity contribution in [3.63, 3.8) is 0 Å². The van der Waals surface area contributed by atoms with Gasteiger partial charge in [0.25, 0.3) is 0 Å².